The zero-order chi connectivity index (χ0) is 15.2. The van der Waals surface area contributed by atoms with Gasteiger partial charge in [0.1, 0.15) is 0 Å². The number of anilines is 1. The number of aryl methyl sites for hydroxylation is 1. The zero-order valence-corrected chi connectivity index (χ0v) is 13.7. The van der Waals surface area contributed by atoms with Crippen LogP contribution in [0, 0.1) is 0 Å². The minimum Gasteiger partial charge on any atom is -0.368 e. The molecule has 22 heavy (non-hydrogen) atoms. The Labute approximate surface area is 138 Å². The summed E-state index contributed by atoms with van der Waals surface area (Å²) in [4.78, 5) is 4.96. The maximum atomic E-state index is 6.29. The molecule has 2 nitrogen and oxygen atoms in total. The molecule has 0 bridgehead atoms. The van der Waals surface area contributed by atoms with Gasteiger partial charge in [-0.25, -0.2) is 0 Å². The Morgan fingerprint density at radius 3 is 2.23 bits per heavy atom. The van der Waals surface area contributed by atoms with Crippen LogP contribution in [0.5, 0.6) is 0 Å². The molecule has 0 unspecified atom stereocenters. The Morgan fingerprint density at radius 2 is 1.50 bits per heavy atom. The van der Waals surface area contributed by atoms with Gasteiger partial charge in [0, 0.05) is 26.2 Å². The van der Waals surface area contributed by atoms with Gasteiger partial charge in [-0.1, -0.05) is 54.1 Å². The van der Waals surface area contributed by atoms with Crippen molar-refractivity contribution >= 4 is 17.3 Å². The molecular formula is C19H23ClN2. The van der Waals surface area contributed by atoms with E-state index in [9.17, 15) is 0 Å². The van der Waals surface area contributed by atoms with Crippen molar-refractivity contribution in [1.29, 1.82) is 0 Å². The van der Waals surface area contributed by atoms with Gasteiger partial charge >= 0.3 is 0 Å². The van der Waals surface area contributed by atoms with E-state index in [1.807, 2.05) is 12.1 Å². The SMILES string of the molecule is Clc1ccccc1N1CCN(CCCc2ccccc2)CC1. The molecule has 2 aromatic rings. The van der Waals surface area contributed by atoms with Crippen LogP contribution in [0.25, 0.3) is 0 Å². The van der Waals surface area contributed by atoms with Crippen molar-refractivity contribution in [3.8, 4) is 0 Å². The summed E-state index contributed by atoms with van der Waals surface area (Å²) in [7, 11) is 0. The Bertz CT molecular complexity index is 577. The minimum atomic E-state index is 0.861. The molecule has 0 saturated carbocycles. The van der Waals surface area contributed by atoms with Crippen molar-refractivity contribution in [2.24, 2.45) is 0 Å². The summed E-state index contributed by atoms with van der Waals surface area (Å²) in [6.45, 7) is 5.56. The Balaban J connectivity index is 1.43. The molecule has 116 valence electrons. The maximum Gasteiger partial charge on any atom is 0.0639 e. The second-order valence-corrected chi connectivity index (χ2v) is 6.28. The first-order valence-corrected chi connectivity index (χ1v) is 8.46. The number of hydrogen-bond donors (Lipinski definition) is 0. The van der Waals surface area contributed by atoms with Crippen LogP contribution in [-0.4, -0.2) is 37.6 Å². The van der Waals surface area contributed by atoms with Crippen LogP contribution in [0.2, 0.25) is 5.02 Å². The fourth-order valence-corrected chi connectivity index (χ4v) is 3.33. The van der Waals surface area contributed by atoms with Crippen LogP contribution in [-0.2, 0) is 6.42 Å². The summed E-state index contributed by atoms with van der Waals surface area (Å²) < 4.78 is 0. The van der Waals surface area contributed by atoms with Crippen LogP contribution >= 0.6 is 11.6 Å². The molecule has 1 aliphatic heterocycles. The van der Waals surface area contributed by atoms with Crippen LogP contribution < -0.4 is 4.90 Å². The van der Waals surface area contributed by atoms with Gasteiger partial charge in [0.05, 0.1) is 10.7 Å². The summed E-state index contributed by atoms with van der Waals surface area (Å²) in [5.74, 6) is 0. The Morgan fingerprint density at radius 1 is 0.818 bits per heavy atom. The van der Waals surface area contributed by atoms with Crippen molar-refractivity contribution in [1.82, 2.24) is 4.90 Å². The molecule has 0 aromatic heterocycles. The van der Waals surface area contributed by atoms with Gasteiger partial charge in [0.25, 0.3) is 0 Å². The normalized spacial score (nSPS) is 16.0. The van der Waals surface area contributed by atoms with E-state index in [1.54, 1.807) is 0 Å². The van der Waals surface area contributed by atoms with Gasteiger partial charge in [0.15, 0.2) is 0 Å². The van der Waals surface area contributed by atoms with E-state index in [4.69, 9.17) is 11.6 Å². The summed E-state index contributed by atoms with van der Waals surface area (Å²) in [6, 6.07) is 18.9. The number of para-hydroxylation sites is 1. The average molecular weight is 315 g/mol. The minimum absolute atomic E-state index is 0.861. The summed E-state index contributed by atoms with van der Waals surface area (Å²) in [5, 5.41) is 0.861. The molecule has 3 rings (SSSR count). The van der Waals surface area contributed by atoms with Crippen LogP contribution in [0.3, 0.4) is 0 Å². The quantitative estimate of drug-likeness (QED) is 0.820. The summed E-state index contributed by atoms with van der Waals surface area (Å²) in [5.41, 5.74) is 2.62. The van der Waals surface area contributed by atoms with Crippen LogP contribution in [0.1, 0.15) is 12.0 Å². The van der Waals surface area contributed by atoms with E-state index in [-0.39, 0.29) is 0 Å². The lowest BCUT2D eigenvalue weighted by molar-refractivity contribution is 0.255. The first-order valence-electron chi connectivity index (χ1n) is 8.09. The smallest absolute Gasteiger partial charge is 0.0639 e. The van der Waals surface area contributed by atoms with Crippen molar-refractivity contribution in [2.75, 3.05) is 37.6 Å². The molecule has 3 heteroatoms. The largest absolute Gasteiger partial charge is 0.368 e. The van der Waals surface area contributed by atoms with Crippen LogP contribution in [0.15, 0.2) is 54.6 Å². The molecule has 0 spiro atoms. The van der Waals surface area contributed by atoms with Crippen LogP contribution in [0.4, 0.5) is 5.69 Å². The van der Waals surface area contributed by atoms with Crippen molar-refractivity contribution in [2.45, 2.75) is 12.8 Å². The van der Waals surface area contributed by atoms with Crippen molar-refractivity contribution in [3.05, 3.63) is 65.2 Å². The first-order chi connectivity index (χ1) is 10.8. The molecule has 0 atom stereocenters. The first kappa shape index (κ1) is 15.4. The maximum absolute atomic E-state index is 6.29. The fourth-order valence-electron chi connectivity index (χ4n) is 3.07. The summed E-state index contributed by atoms with van der Waals surface area (Å²) in [6.07, 6.45) is 2.40. The van der Waals surface area contributed by atoms with Gasteiger partial charge in [-0.15, -0.1) is 0 Å². The Kier molecular flexibility index (Phi) is 5.36. The van der Waals surface area contributed by atoms with Gasteiger partial charge in [-0.05, 0) is 37.1 Å². The lowest BCUT2D eigenvalue weighted by Crippen LogP contribution is -2.46. The number of halogens is 1. The molecular weight excluding hydrogens is 292 g/mol. The van der Waals surface area contributed by atoms with Gasteiger partial charge < -0.3 is 4.90 Å². The number of benzene rings is 2. The second-order valence-electron chi connectivity index (χ2n) is 5.87. The monoisotopic (exact) mass is 314 g/mol. The third-order valence-corrected chi connectivity index (χ3v) is 4.67. The molecule has 1 aliphatic rings. The highest BCUT2D eigenvalue weighted by Crippen LogP contribution is 2.26. The molecule has 0 radical (unpaired) electrons. The summed E-state index contributed by atoms with van der Waals surface area (Å²) >= 11 is 6.29. The molecule has 0 amide bonds. The topological polar surface area (TPSA) is 6.48 Å². The van der Waals surface area contributed by atoms with E-state index in [1.165, 1.54) is 30.6 Å². The van der Waals surface area contributed by atoms with E-state index in [0.29, 0.717) is 0 Å². The highest BCUT2D eigenvalue weighted by Gasteiger charge is 2.18. The average Bonchev–Trinajstić information content (AvgIpc) is 2.57. The number of piperazine rings is 1. The molecule has 0 aliphatic carbocycles. The lowest BCUT2D eigenvalue weighted by Gasteiger charge is -2.36. The number of rotatable bonds is 5. The second kappa shape index (κ2) is 7.66. The molecule has 2 aromatic carbocycles. The van der Waals surface area contributed by atoms with E-state index in [2.05, 4.69) is 52.3 Å². The third kappa shape index (κ3) is 4.02. The van der Waals surface area contributed by atoms with Gasteiger partial charge in [-0.3, -0.25) is 4.90 Å². The highest BCUT2D eigenvalue weighted by atomic mass is 35.5. The molecule has 1 heterocycles. The van der Waals surface area contributed by atoms with Crippen molar-refractivity contribution < 1.29 is 0 Å². The van der Waals surface area contributed by atoms with E-state index >= 15 is 0 Å². The van der Waals surface area contributed by atoms with E-state index < -0.39 is 0 Å². The standard InChI is InChI=1S/C19H23ClN2/c20-18-10-4-5-11-19(18)22-15-13-21(14-16-22)12-6-9-17-7-2-1-3-8-17/h1-5,7-8,10-11H,6,9,12-16H2. The van der Waals surface area contributed by atoms with Gasteiger partial charge in [0.2, 0.25) is 0 Å². The number of hydrogen-bond acceptors (Lipinski definition) is 2. The Hall–Kier alpha value is -1.51. The zero-order valence-electron chi connectivity index (χ0n) is 12.9. The van der Waals surface area contributed by atoms with E-state index in [0.717, 1.165) is 31.2 Å². The predicted octanol–water partition coefficient (Wildman–Crippen LogP) is 4.09. The van der Waals surface area contributed by atoms with Crippen molar-refractivity contribution in [3.63, 3.8) is 0 Å². The molecule has 1 fully saturated rings. The molecule has 1 saturated heterocycles. The third-order valence-electron chi connectivity index (χ3n) is 4.35. The number of nitrogens with zero attached hydrogens (tertiary/aromatic N) is 2. The van der Waals surface area contributed by atoms with Gasteiger partial charge in [-0.2, -0.15) is 0 Å². The highest BCUT2D eigenvalue weighted by molar-refractivity contribution is 6.33. The molecule has 0 N–H and O–H groups in total. The predicted molar refractivity (Wildman–Crippen MR) is 94.9 cm³/mol. The fraction of sp³-hybridized carbons (Fsp3) is 0.368. The lowest BCUT2D eigenvalue weighted by atomic mass is 10.1.